The number of nitrogens with one attached hydrogen (secondary N) is 1. The molecular formula is C21H22N2O3S2. The van der Waals surface area contributed by atoms with Crippen molar-refractivity contribution < 1.29 is 14.3 Å². The van der Waals surface area contributed by atoms with Crippen LogP contribution >= 0.6 is 23.1 Å². The van der Waals surface area contributed by atoms with Crippen molar-refractivity contribution in [2.24, 2.45) is 0 Å². The first-order valence-corrected chi connectivity index (χ1v) is 10.7. The molecule has 0 spiro atoms. The average Bonchev–Trinajstić information content (AvgIpc) is 3.17. The Balaban J connectivity index is 1.64. The van der Waals surface area contributed by atoms with Crippen molar-refractivity contribution in [3.63, 3.8) is 0 Å². The summed E-state index contributed by atoms with van der Waals surface area (Å²) in [5.41, 5.74) is 2.66. The maximum Gasteiger partial charge on any atom is 0.230 e. The number of rotatable bonds is 8. The van der Waals surface area contributed by atoms with E-state index < -0.39 is 0 Å². The van der Waals surface area contributed by atoms with Crippen LogP contribution in [0.2, 0.25) is 0 Å². The molecule has 1 N–H and O–H groups in total. The van der Waals surface area contributed by atoms with Crippen LogP contribution in [0.4, 0.5) is 5.13 Å². The summed E-state index contributed by atoms with van der Waals surface area (Å²) < 4.78 is 10.6. The molecule has 7 heteroatoms. The molecular weight excluding hydrogens is 392 g/mol. The van der Waals surface area contributed by atoms with E-state index >= 15 is 0 Å². The van der Waals surface area contributed by atoms with Gasteiger partial charge >= 0.3 is 0 Å². The largest absolute Gasteiger partial charge is 0.493 e. The molecule has 2 aromatic carbocycles. The minimum atomic E-state index is -0.0795. The Labute approximate surface area is 173 Å². The number of thioether (sulfide) groups is 1. The van der Waals surface area contributed by atoms with Crippen LogP contribution in [0.1, 0.15) is 12.5 Å². The van der Waals surface area contributed by atoms with Gasteiger partial charge in [-0.15, -0.1) is 23.1 Å². The lowest BCUT2D eigenvalue weighted by molar-refractivity contribution is -0.115. The Morgan fingerprint density at radius 2 is 1.86 bits per heavy atom. The van der Waals surface area contributed by atoms with Crippen molar-refractivity contribution in [2.45, 2.75) is 18.2 Å². The summed E-state index contributed by atoms with van der Waals surface area (Å²) in [6, 6.07) is 13.7. The minimum absolute atomic E-state index is 0.0795. The van der Waals surface area contributed by atoms with Crippen LogP contribution in [0.5, 0.6) is 11.5 Å². The maximum atomic E-state index is 12.3. The van der Waals surface area contributed by atoms with E-state index in [-0.39, 0.29) is 5.91 Å². The number of anilines is 1. The quantitative estimate of drug-likeness (QED) is 0.518. The molecule has 0 aliphatic heterocycles. The summed E-state index contributed by atoms with van der Waals surface area (Å²) in [5, 5.41) is 5.37. The van der Waals surface area contributed by atoms with Crippen molar-refractivity contribution in [3.8, 4) is 22.8 Å². The van der Waals surface area contributed by atoms with Gasteiger partial charge in [-0.2, -0.15) is 0 Å². The molecule has 0 saturated heterocycles. The number of nitrogens with zero attached hydrogens (tertiary/aromatic N) is 1. The van der Waals surface area contributed by atoms with Gasteiger partial charge < -0.3 is 14.8 Å². The Hall–Kier alpha value is -2.51. The molecule has 0 saturated carbocycles. The summed E-state index contributed by atoms with van der Waals surface area (Å²) >= 11 is 3.18. The number of hydrogen-bond donors (Lipinski definition) is 1. The summed E-state index contributed by atoms with van der Waals surface area (Å²) in [6.45, 7) is 2.12. The minimum Gasteiger partial charge on any atom is -0.493 e. The Morgan fingerprint density at radius 3 is 2.54 bits per heavy atom. The third-order valence-electron chi connectivity index (χ3n) is 4.03. The first-order chi connectivity index (χ1) is 13.6. The molecule has 0 bridgehead atoms. The molecule has 0 aliphatic carbocycles. The normalized spacial score (nSPS) is 10.5. The fraction of sp³-hybridized carbons (Fsp3) is 0.238. The van der Waals surface area contributed by atoms with E-state index in [2.05, 4.69) is 29.4 Å². The number of thiazole rings is 1. The number of methoxy groups -OCH3 is 2. The number of carbonyl (C=O) groups excluding carboxylic acids is 1. The van der Waals surface area contributed by atoms with Gasteiger partial charge in [0.1, 0.15) is 0 Å². The van der Waals surface area contributed by atoms with E-state index in [1.165, 1.54) is 16.2 Å². The predicted molar refractivity (Wildman–Crippen MR) is 116 cm³/mol. The molecule has 3 rings (SSSR count). The maximum absolute atomic E-state index is 12.3. The number of carbonyl (C=O) groups is 1. The lowest BCUT2D eigenvalue weighted by Crippen LogP contribution is -2.14. The van der Waals surface area contributed by atoms with E-state index in [0.717, 1.165) is 22.6 Å². The van der Waals surface area contributed by atoms with Gasteiger partial charge in [0, 0.05) is 15.8 Å². The van der Waals surface area contributed by atoms with Crippen LogP contribution < -0.4 is 14.8 Å². The van der Waals surface area contributed by atoms with Crippen molar-refractivity contribution >= 4 is 34.1 Å². The third-order valence-corrected chi connectivity index (χ3v) is 5.68. The molecule has 1 amide bonds. The molecule has 0 fully saturated rings. The number of ether oxygens (including phenoxy) is 2. The zero-order valence-electron chi connectivity index (χ0n) is 16.0. The van der Waals surface area contributed by atoms with Gasteiger partial charge in [0.05, 0.1) is 26.3 Å². The highest BCUT2D eigenvalue weighted by Gasteiger charge is 2.11. The van der Waals surface area contributed by atoms with Gasteiger partial charge in [0.2, 0.25) is 5.91 Å². The van der Waals surface area contributed by atoms with E-state index in [4.69, 9.17) is 9.47 Å². The van der Waals surface area contributed by atoms with Gasteiger partial charge in [0.25, 0.3) is 0 Å². The first-order valence-electron chi connectivity index (χ1n) is 8.82. The monoisotopic (exact) mass is 414 g/mol. The number of benzene rings is 2. The van der Waals surface area contributed by atoms with Crippen molar-refractivity contribution in [1.29, 1.82) is 0 Å². The van der Waals surface area contributed by atoms with E-state index in [1.807, 2.05) is 35.7 Å². The van der Waals surface area contributed by atoms with E-state index in [0.29, 0.717) is 23.1 Å². The fourth-order valence-corrected chi connectivity index (χ4v) is 4.08. The van der Waals surface area contributed by atoms with Gasteiger partial charge in [-0.1, -0.05) is 19.1 Å². The second kappa shape index (κ2) is 9.61. The SMILES string of the molecule is CCSc1ccc(CC(=O)Nc2nc(-c3ccc(OC)c(OC)c3)cs2)cc1. The Kier molecular flexibility index (Phi) is 6.95. The van der Waals surface area contributed by atoms with Crippen molar-refractivity contribution in [2.75, 3.05) is 25.3 Å². The molecule has 5 nitrogen and oxygen atoms in total. The number of aromatic nitrogens is 1. The molecule has 146 valence electrons. The van der Waals surface area contributed by atoms with Crippen LogP contribution in [-0.4, -0.2) is 30.9 Å². The van der Waals surface area contributed by atoms with Gasteiger partial charge in [-0.05, 0) is 41.6 Å². The van der Waals surface area contributed by atoms with Gasteiger partial charge in [0.15, 0.2) is 16.6 Å². The van der Waals surface area contributed by atoms with Gasteiger partial charge in [-0.3, -0.25) is 4.79 Å². The van der Waals surface area contributed by atoms with Crippen molar-refractivity contribution in [3.05, 3.63) is 53.4 Å². The number of hydrogen-bond acceptors (Lipinski definition) is 6. The second-order valence-electron chi connectivity index (χ2n) is 5.91. The molecule has 1 heterocycles. The van der Waals surface area contributed by atoms with E-state index in [1.54, 1.807) is 26.0 Å². The Morgan fingerprint density at radius 1 is 1.11 bits per heavy atom. The second-order valence-corrected chi connectivity index (χ2v) is 8.11. The Bertz CT molecular complexity index is 939. The lowest BCUT2D eigenvalue weighted by atomic mass is 10.1. The zero-order valence-corrected chi connectivity index (χ0v) is 17.7. The highest BCUT2D eigenvalue weighted by Crippen LogP contribution is 2.33. The summed E-state index contributed by atoms with van der Waals surface area (Å²) in [5.74, 6) is 2.26. The standard InChI is InChI=1S/C21H22N2O3S2/c1-4-27-16-8-5-14(6-9-16)11-20(24)23-21-22-17(13-28-21)15-7-10-18(25-2)19(12-15)26-3/h5-10,12-13H,4,11H2,1-3H3,(H,22,23,24). The zero-order chi connectivity index (χ0) is 19.9. The first kappa shape index (κ1) is 20.2. The van der Waals surface area contributed by atoms with Crippen LogP contribution in [0, 0.1) is 0 Å². The molecule has 0 atom stereocenters. The lowest BCUT2D eigenvalue weighted by Gasteiger charge is -2.08. The molecule has 0 radical (unpaired) electrons. The van der Waals surface area contributed by atoms with Crippen molar-refractivity contribution in [1.82, 2.24) is 4.98 Å². The molecule has 1 aromatic heterocycles. The van der Waals surface area contributed by atoms with Crippen LogP contribution in [-0.2, 0) is 11.2 Å². The molecule has 0 aliphatic rings. The average molecular weight is 415 g/mol. The number of amides is 1. The van der Waals surface area contributed by atoms with Gasteiger partial charge in [-0.25, -0.2) is 4.98 Å². The van der Waals surface area contributed by atoms with E-state index in [9.17, 15) is 4.79 Å². The summed E-state index contributed by atoms with van der Waals surface area (Å²) in [4.78, 5) is 18.1. The molecule has 28 heavy (non-hydrogen) atoms. The third kappa shape index (κ3) is 5.05. The highest BCUT2D eigenvalue weighted by molar-refractivity contribution is 7.99. The topological polar surface area (TPSA) is 60.5 Å². The van der Waals surface area contributed by atoms with Crippen LogP contribution in [0.25, 0.3) is 11.3 Å². The molecule has 0 unspecified atom stereocenters. The highest BCUT2D eigenvalue weighted by atomic mass is 32.2. The van der Waals surface area contributed by atoms with Crippen LogP contribution in [0.15, 0.2) is 52.7 Å². The smallest absolute Gasteiger partial charge is 0.230 e. The fourth-order valence-electron chi connectivity index (χ4n) is 2.68. The predicted octanol–water partition coefficient (Wildman–Crippen LogP) is 5.12. The summed E-state index contributed by atoms with van der Waals surface area (Å²) in [7, 11) is 3.20. The molecule has 3 aromatic rings. The van der Waals surface area contributed by atoms with Crippen LogP contribution in [0.3, 0.4) is 0 Å². The summed E-state index contributed by atoms with van der Waals surface area (Å²) in [6.07, 6.45) is 0.322.